The van der Waals surface area contributed by atoms with Gasteiger partial charge < -0.3 is 29.4 Å². The predicted octanol–water partition coefficient (Wildman–Crippen LogP) is 0.945. The van der Waals surface area contributed by atoms with E-state index in [1.165, 1.54) is 6.92 Å². The summed E-state index contributed by atoms with van der Waals surface area (Å²) in [5, 5.41) is 13.5. The van der Waals surface area contributed by atoms with Crippen LogP contribution in [-0.4, -0.2) is 54.1 Å². The molecule has 2 saturated heterocycles. The molecule has 3 rings (SSSR count). The number of ether oxygens (including phenoxy) is 4. The maximum absolute atomic E-state index is 11.6. The SMILES string of the molecule is CC(=O)N[C@@H]1[C@@H](OCc2ccccc2)O[C@@H]2COC(C)(C)O[C@@H]2[C@@H]1O. The van der Waals surface area contributed by atoms with Crippen molar-refractivity contribution in [2.24, 2.45) is 0 Å². The molecule has 7 heteroatoms. The Bertz CT molecular complexity index is 592. The summed E-state index contributed by atoms with van der Waals surface area (Å²) in [6.45, 7) is 5.54. The molecule has 2 fully saturated rings. The van der Waals surface area contributed by atoms with Crippen molar-refractivity contribution in [3.05, 3.63) is 35.9 Å². The minimum Gasteiger partial charge on any atom is -0.388 e. The molecular formula is C18H25NO6. The maximum atomic E-state index is 11.6. The summed E-state index contributed by atoms with van der Waals surface area (Å²) in [6.07, 6.45) is -2.83. The third kappa shape index (κ3) is 4.37. The van der Waals surface area contributed by atoms with Gasteiger partial charge in [0.2, 0.25) is 5.91 Å². The standard InChI is InChI=1S/C18H25NO6/c1-11(20)19-14-15(21)16-13(10-23-18(2,3)25-16)24-17(14)22-9-12-7-5-4-6-8-12/h4-8,13-17,21H,9-10H2,1-3H3,(H,19,20)/t13-,14+,15-,16+,17+/m1/s1. The highest BCUT2D eigenvalue weighted by Crippen LogP contribution is 2.33. The van der Waals surface area contributed by atoms with Crippen LogP contribution in [-0.2, 0) is 30.3 Å². The third-order valence-corrected chi connectivity index (χ3v) is 4.32. The molecule has 0 aliphatic carbocycles. The van der Waals surface area contributed by atoms with Gasteiger partial charge in [0.1, 0.15) is 24.4 Å². The Labute approximate surface area is 147 Å². The molecule has 2 N–H and O–H groups in total. The van der Waals surface area contributed by atoms with E-state index in [9.17, 15) is 9.90 Å². The van der Waals surface area contributed by atoms with E-state index in [4.69, 9.17) is 18.9 Å². The van der Waals surface area contributed by atoms with E-state index < -0.39 is 36.4 Å². The number of rotatable bonds is 4. The number of hydrogen-bond donors (Lipinski definition) is 2. The number of carbonyl (C=O) groups excluding carboxylic acids is 1. The lowest BCUT2D eigenvalue weighted by Crippen LogP contribution is -2.68. The van der Waals surface area contributed by atoms with Crippen molar-refractivity contribution in [3.8, 4) is 0 Å². The molecule has 1 aromatic rings. The molecule has 2 heterocycles. The van der Waals surface area contributed by atoms with E-state index in [1.54, 1.807) is 13.8 Å². The topological polar surface area (TPSA) is 86.3 Å². The number of benzene rings is 1. The van der Waals surface area contributed by atoms with Crippen LogP contribution in [0.3, 0.4) is 0 Å². The Kier molecular flexibility index (Phi) is 5.41. The van der Waals surface area contributed by atoms with Gasteiger partial charge in [0.25, 0.3) is 0 Å². The molecule has 0 aromatic heterocycles. The number of aliphatic hydroxyl groups excluding tert-OH is 1. The predicted molar refractivity (Wildman–Crippen MR) is 88.4 cm³/mol. The average molecular weight is 351 g/mol. The quantitative estimate of drug-likeness (QED) is 0.840. The maximum Gasteiger partial charge on any atom is 0.217 e. The fraction of sp³-hybridized carbons (Fsp3) is 0.611. The fourth-order valence-corrected chi connectivity index (χ4v) is 3.13. The summed E-state index contributed by atoms with van der Waals surface area (Å²) in [5.74, 6) is -1.09. The highest BCUT2D eigenvalue weighted by molar-refractivity contribution is 5.73. The van der Waals surface area contributed by atoms with Crippen molar-refractivity contribution in [1.82, 2.24) is 5.32 Å². The van der Waals surface area contributed by atoms with Crippen LogP contribution in [0, 0.1) is 0 Å². The summed E-state index contributed by atoms with van der Waals surface area (Å²) >= 11 is 0. The molecule has 0 radical (unpaired) electrons. The largest absolute Gasteiger partial charge is 0.388 e. The number of aliphatic hydroxyl groups is 1. The van der Waals surface area contributed by atoms with Gasteiger partial charge in [-0.05, 0) is 19.4 Å². The van der Waals surface area contributed by atoms with Gasteiger partial charge in [-0.1, -0.05) is 30.3 Å². The Morgan fingerprint density at radius 2 is 2.08 bits per heavy atom. The monoisotopic (exact) mass is 351 g/mol. The van der Waals surface area contributed by atoms with Crippen LogP contribution in [0.15, 0.2) is 30.3 Å². The molecule has 0 spiro atoms. The fourth-order valence-electron chi connectivity index (χ4n) is 3.13. The first-order valence-corrected chi connectivity index (χ1v) is 8.44. The first kappa shape index (κ1) is 18.3. The van der Waals surface area contributed by atoms with Gasteiger partial charge in [0.05, 0.1) is 13.2 Å². The van der Waals surface area contributed by atoms with Crippen molar-refractivity contribution in [2.45, 2.75) is 63.8 Å². The van der Waals surface area contributed by atoms with E-state index in [-0.39, 0.29) is 12.5 Å². The van der Waals surface area contributed by atoms with Crippen LogP contribution in [0.4, 0.5) is 0 Å². The van der Waals surface area contributed by atoms with Gasteiger partial charge in [0.15, 0.2) is 12.1 Å². The molecule has 2 aliphatic heterocycles. The molecular weight excluding hydrogens is 326 g/mol. The zero-order valence-corrected chi connectivity index (χ0v) is 14.7. The number of carbonyl (C=O) groups is 1. The number of hydrogen-bond acceptors (Lipinski definition) is 6. The molecule has 0 bridgehead atoms. The van der Waals surface area contributed by atoms with Crippen molar-refractivity contribution in [2.75, 3.05) is 6.61 Å². The van der Waals surface area contributed by atoms with Gasteiger partial charge in [-0.3, -0.25) is 4.79 Å². The molecule has 0 saturated carbocycles. The van der Waals surface area contributed by atoms with Crippen molar-refractivity contribution in [1.29, 1.82) is 0 Å². The van der Waals surface area contributed by atoms with Crippen LogP contribution >= 0.6 is 0 Å². The number of fused-ring (bicyclic) bond motifs is 1. The Hall–Kier alpha value is -1.51. The van der Waals surface area contributed by atoms with Gasteiger partial charge in [-0.25, -0.2) is 0 Å². The van der Waals surface area contributed by atoms with Gasteiger partial charge >= 0.3 is 0 Å². The summed E-state index contributed by atoms with van der Waals surface area (Å²) in [6, 6.07) is 8.91. The van der Waals surface area contributed by atoms with Gasteiger partial charge in [-0.15, -0.1) is 0 Å². The summed E-state index contributed by atoms with van der Waals surface area (Å²) in [5.41, 5.74) is 0.974. The lowest BCUT2D eigenvalue weighted by atomic mass is 9.95. The minimum atomic E-state index is -0.966. The second-order valence-corrected chi connectivity index (χ2v) is 6.85. The van der Waals surface area contributed by atoms with E-state index in [2.05, 4.69) is 5.32 Å². The minimum absolute atomic E-state index is 0.272. The lowest BCUT2D eigenvalue weighted by molar-refractivity contribution is -0.369. The lowest BCUT2D eigenvalue weighted by Gasteiger charge is -2.49. The van der Waals surface area contributed by atoms with Crippen LogP contribution < -0.4 is 5.32 Å². The first-order chi connectivity index (χ1) is 11.9. The third-order valence-electron chi connectivity index (χ3n) is 4.32. The van der Waals surface area contributed by atoms with E-state index in [0.717, 1.165) is 5.56 Å². The molecule has 5 atom stereocenters. The summed E-state index contributed by atoms with van der Waals surface area (Å²) in [7, 11) is 0. The van der Waals surface area contributed by atoms with Gasteiger partial charge in [0, 0.05) is 6.92 Å². The molecule has 2 aliphatic rings. The van der Waals surface area contributed by atoms with Crippen molar-refractivity contribution in [3.63, 3.8) is 0 Å². The first-order valence-electron chi connectivity index (χ1n) is 8.44. The van der Waals surface area contributed by atoms with Crippen LogP contribution in [0.2, 0.25) is 0 Å². The van der Waals surface area contributed by atoms with Crippen LogP contribution in [0.1, 0.15) is 26.3 Å². The van der Waals surface area contributed by atoms with E-state index in [0.29, 0.717) is 6.61 Å². The second-order valence-electron chi connectivity index (χ2n) is 6.85. The van der Waals surface area contributed by atoms with Crippen molar-refractivity contribution < 1.29 is 28.8 Å². The smallest absolute Gasteiger partial charge is 0.217 e. The summed E-state index contributed by atoms with van der Waals surface area (Å²) in [4.78, 5) is 11.6. The van der Waals surface area contributed by atoms with Crippen LogP contribution in [0.5, 0.6) is 0 Å². The Morgan fingerprint density at radius 1 is 1.36 bits per heavy atom. The molecule has 138 valence electrons. The Balaban J connectivity index is 1.73. The van der Waals surface area contributed by atoms with E-state index >= 15 is 0 Å². The summed E-state index contributed by atoms with van der Waals surface area (Å²) < 4.78 is 23.2. The number of amides is 1. The van der Waals surface area contributed by atoms with Crippen LogP contribution in [0.25, 0.3) is 0 Å². The van der Waals surface area contributed by atoms with Crippen molar-refractivity contribution >= 4 is 5.91 Å². The normalized spacial score (nSPS) is 34.2. The molecule has 1 aromatic carbocycles. The number of nitrogens with one attached hydrogen (secondary N) is 1. The average Bonchev–Trinajstić information content (AvgIpc) is 2.57. The second kappa shape index (κ2) is 7.39. The van der Waals surface area contributed by atoms with Gasteiger partial charge in [-0.2, -0.15) is 0 Å². The van der Waals surface area contributed by atoms with E-state index in [1.807, 2.05) is 30.3 Å². The Morgan fingerprint density at radius 3 is 2.76 bits per heavy atom. The zero-order valence-electron chi connectivity index (χ0n) is 14.7. The molecule has 1 amide bonds. The molecule has 25 heavy (non-hydrogen) atoms. The molecule has 0 unspecified atom stereocenters. The highest BCUT2D eigenvalue weighted by atomic mass is 16.8. The molecule has 7 nitrogen and oxygen atoms in total. The zero-order chi connectivity index (χ0) is 18.0. The highest BCUT2D eigenvalue weighted by Gasteiger charge is 2.51.